The van der Waals surface area contributed by atoms with Crippen LogP contribution in [-0.4, -0.2) is 47.9 Å². The van der Waals surface area contributed by atoms with Crippen molar-refractivity contribution in [2.75, 3.05) is 31.1 Å². The Morgan fingerprint density at radius 2 is 1.85 bits per heavy atom. The van der Waals surface area contributed by atoms with Crippen LogP contribution in [0.5, 0.6) is 0 Å². The van der Waals surface area contributed by atoms with Gasteiger partial charge in [0.2, 0.25) is 0 Å². The number of hydrogen-bond donors (Lipinski definition) is 0. The molecule has 0 atom stereocenters. The molecule has 1 aliphatic heterocycles. The molecular weight excluding hydrogens is 398 g/mol. The molecule has 0 aliphatic carbocycles. The highest BCUT2D eigenvalue weighted by atomic mass is 79.9. The van der Waals surface area contributed by atoms with Crippen LogP contribution >= 0.6 is 15.9 Å². The van der Waals surface area contributed by atoms with E-state index in [0.717, 1.165) is 11.3 Å². The lowest BCUT2D eigenvalue weighted by atomic mass is 10.2. The minimum Gasteiger partial charge on any atom is -0.445 e. The van der Waals surface area contributed by atoms with Gasteiger partial charge in [-0.15, -0.1) is 0 Å². The monoisotopic (exact) mass is 417 g/mol. The lowest BCUT2D eigenvalue weighted by Crippen LogP contribution is -2.49. The summed E-state index contributed by atoms with van der Waals surface area (Å²) < 4.78 is 6.07. The van der Waals surface area contributed by atoms with Crippen molar-refractivity contribution in [2.24, 2.45) is 0 Å². The highest BCUT2D eigenvalue weighted by molar-refractivity contribution is 9.10. The van der Waals surface area contributed by atoms with Gasteiger partial charge in [0.15, 0.2) is 5.78 Å². The number of pyridine rings is 1. The summed E-state index contributed by atoms with van der Waals surface area (Å²) >= 11 is 3.40. The largest absolute Gasteiger partial charge is 0.445 e. The van der Waals surface area contributed by atoms with E-state index in [1.165, 1.54) is 6.92 Å². The zero-order valence-electron chi connectivity index (χ0n) is 14.5. The summed E-state index contributed by atoms with van der Waals surface area (Å²) in [5.74, 6) is -0.0746. The zero-order chi connectivity index (χ0) is 18.5. The van der Waals surface area contributed by atoms with E-state index >= 15 is 0 Å². The Balaban J connectivity index is 1.53. The first-order valence-electron chi connectivity index (χ1n) is 8.41. The van der Waals surface area contributed by atoms with Crippen LogP contribution in [0.25, 0.3) is 0 Å². The van der Waals surface area contributed by atoms with Crippen molar-refractivity contribution in [3.8, 4) is 0 Å². The van der Waals surface area contributed by atoms with Gasteiger partial charge in [-0.3, -0.25) is 4.79 Å². The molecular formula is C19H20BrN3O3. The third kappa shape index (κ3) is 4.40. The summed E-state index contributed by atoms with van der Waals surface area (Å²) in [4.78, 5) is 31.8. The van der Waals surface area contributed by atoms with Gasteiger partial charge in [0, 0.05) is 37.6 Å². The molecule has 6 nitrogen and oxygen atoms in total. The number of ketones is 1. The number of carbonyl (C=O) groups excluding carboxylic acids is 2. The third-order valence-corrected chi connectivity index (χ3v) is 4.87. The van der Waals surface area contributed by atoms with Crippen LogP contribution in [0.3, 0.4) is 0 Å². The number of amides is 1. The van der Waals surface area contributed by atoms with Crippen molar-refractivity contribution in [3.05, 3.63) is 58.3 Å². The van der Waals surface area contributed by atoms with E-state index in [4.69, 9.17) is 4.74 Å². The molecule has 0 unspecified atom stereocenters. The summed E-state index contributed by atoms with van der Waals surface area (Å²) in [5.41, 5.74) is 2.33. The van der Waals surface area contributed by atoms with Gasteiger partial charge >= 0.3 is 6.09 Å². The van der Waals surface area contributed by atoms with Gasteiger partial charge in [-0.2, -0.15) is 0 Å². The number of ether oxygens (including phenoxy) is 1. The Morgan fingerprint density at radius 1 is 1.15 bits per heavy atom. The van der Waals surface area contributed by atoms with E-state index < -0.39 is 0 Å². The molecule has 1 saturated heterocycles. The van der Waals surface area contributed by atoms with Crippen molar-refractivity contribution >= 4 is 33.5 Å². The molecule has 1 amide bonds. The van der Waals surface area contributed by atoms with Crippen molar-refractivity contribution in [1.82, 2.24) is 9.88 Å². The number of halogens is 1. The van der Waals surface area contributed by atoms with Crippen molar-refractivity contribution in [1.29, 1.82) is 0 Å². The van der Waals surface area contributed by atoms with Crippen LogP contribution in [0.4, 0.5) is 10.5 Å². The smallest absolute Gasteiger partial charge is 0.410 e. The molecule has 26 heavy (non-hydrogen) atoms. The molecule has 0 radical (unpaired) electrons. The van der Waals surface area contributed by atoms with E-state index in [1.807, 2.05) is 36.4 Å². The maximum atomic E-state index is 12.2. The second-order valence-corrected chi connectivity index (χ2v) is 6.95. The van der Waals surface area contributed by atoms with Crippen molar-refractivity contribution in [2.45, 2.75) is 13.5 Å². The predicted octanol–water partition coefficient (Wildman–Crippen LogP) is 3.51. The first-order chi connectivity index (χ1) is 12.5. The topological polar surface area (TPSA) is 62.7 Å². The van der Waals surface area contributed by atoms with Gasteiger partial charge in [0.1, 0.15) is 12.3 Å². The summed E-state index contributed by atoms with van der Waals surface area (Å²) in [7, 11) is 0. The van der Waals surface area contributed by atoms with Gasteiger partial charge in [-0.1, -0.05) is 30.3 Å². The molecule has 0 spiro atoms. The molecule has 1 fully saturated rings. The van der Waals surface area contributed by atoms with E-state index in [-0.39, 0.29) is 18.5 Å². The predicted molar refractivity (Wildman–Crippen MR) is 102 cm³/mol. The molecule has 136 valence electrons. The second-order valence-electron chi connectivity index (χ2n) is 6.09. The van der Waals surface area contributed by atoms with Crippen LogP contribution in [0, 0.1) is 0 Å². The quantitative estimate of drug-likeness (QED) is 0.712. The number of carbonyl (C=O) groups is 2. The zero-order valence-corrected chi connectivity index (χ0v) is 16.1. The molecule has 1 aliphatic rings. The second kappa shape index (κ2) is 8.31. The lowest BCUT2D eigenvalue weighted by Gasteiger charge is -2.35. The molecule has 2 aromatic rings. The highest BCUT2D eigenvalue weighted by Gasteiger charge is 2.23. The molecule has 1 aromatic heterocycles. The molecule has 0 saturated carbocycles. The highest BCUT2D eigenvalue weighted by Crippen LogP contribution is 2.23. The molecule has 0 N–H and O–H groups in total. The van der Waals surface area contributed by atoms with Crippen molar-refractivity contribution in [3.63, 3.8) is 0 Å². The van der Waals surface area contributed by atoms with Crippen LogP contribution in [0.1, 0.15) is 23.0 Å². The Kier molecular flexibility index (Phi) is 5.88. The summed E-state index contributed by atoms with van der Waals surface area (Å²) in [6, 6.07) is 11.5. The number of aromatic nitrogens is 1. The van der Waals surface area contributed by atoms with Gasteiger partial charge in [0.25, 0.3) is 0 Å². The van der Waals surface area contributed by atoms with E-state index in [0.29, 0.717) is 36.3 Å². The fourth-order valence-electron chi connectivity index (χ4n) is 2.82. The van der Waals surface area contributed by atoms with Gasteiger partial charge < -0.3 is 14.5 Å². The third-order valence-electron chi connectivity index (χ3n) is 4.27. The molecule has 1 aromatic carbocycles. The van der Waals surface area contributed by atoms with E-state index in [1.54, 1.807) is 11.1 Å². The molecule has 2 heterocycles. The maximum absolute atomic E-state index is 12.2. The minimum atomic E-state index is -0.292. The standard InChI is InChI=1S/C19H20BrN3O3/c1-14(24)18-17(20)11-16(12-21-18)22-7-9-23(10-8-22)19(25)26-13-15-5-3-2-4-6-15/h2-6,11-12H,7-10,13H2,1H3. The number of benzene rings is 1. The van der Waals surface area contributed by atoms with E-state index in [2.05, 4.69) is 25.8 Å². The van der Waals surface area contributed by atoms with Gasteiger partial charge in [-0.25, -0.2) is 9.78 Å². The van der Waals surface area contributed by atoms with E-state index in [9.17, 15) is 9.59 Å². The Labute approximate surface area is 160 Å². The Bertz CT molecular complexity index is 790. The lowest BCUT2D eigenvalue weighted by molar-refractivity contribution is 0.0940. The Morgan fingerprint density at radius 3 is 2.46 bits per heavy atom. The van der Waals surface area contributed by atoms with Crippen LogP contribution < -0.4 is 4.90 Å². The Hall–Kier alpha value is -2.41. The normalized spacial score (nSPS) is 14.2. The first kappa shape index (κ1) is 18.4. The average Bonchev–Trinajstić information content (AvgIpc) is 2.66. The fraction of sp³-hybridized carbons (Fsp3) is 0.316. The minimum absolute atomic E-state index is 0.0746. The molecule has 7 heteroatoms. The van der Waals surface area contributed by atoms with Crippen molar-refractivity contribution < 1.29 is 14.3 Å². The summed E-state index contributed by atoms with van der Waals surface area (Å²) in [6.07, 6.45) is 1.41. The van der Waals surface area contributed by atoms with Crippen LogP contribution in [0.2, 0.25) is 0 Å². The average molecular weight is 418 g/mol. The molecule has 0 bridgehead atoms. The number of rotatable bonds is 4. The number of anilines is 1. The number of piperazine rings is 1. The maximum Gasteiger partial charge on any atom is 0.410 e. The summed E-state index contributed by atoms with van der Waals surface area (Å²) in [5, 5.41) is 0. The van der Waals surface area contributed by atoms with Crippen LogP contribution in [0.15, 0.2) is 47.1 Å². The first-order valence-corrected chi connectivity index (χ1v) is 9.21. The number of nitrogens with zero attached hydrogens (tertiary/aromatic N) is 3. The van der Waals surface area contributed by atoms with Crippen LogP contribution in [-0.2, 0) is 11.3 Å². The SMILES string of the molecule is CC(=O)c1ncc(N2CCN(C(=O)OCc3ccccc3)CC2)cc1Br. The number of hydrogen-bond acceptors (Lipinski definition) is 5. The molecule has 3 rings (SSSR count). The number of Topliss-reactive ketones (excluding diaryl/α,β-unsaturated/α-hetero) is 1. The van der Waals surface area contributed by atoms with Gasteiger partial charge in [-0.05, 0) is 27.6 Å². The summed E-state index contributed by atoms with van der Waals surface area (Å²) in [6.45, 7) is 4.32. The van der Waals surface area contributed by atoms with Gasteiger partial charge in [0.05, 0.1) is 11.9 Å². The fourth-order valence-corrected chi connectivity index (χ4v) is 3.43.